The van der Waals surface area contributed by atoms with Crippen LogP contribution in [0.2, 0.25) is 0 Å². The average Bonchev–Trinajstić information content (AvgIpc) is 3.10. The van der Waals surface area contributed by atoms with Gasteiger partial charge < -0.3 is 9.74 Å². The molecule has 0 bridgehead atoms. The number of nitrogens with zero attached hydrogens (tertiary/aromatic N) is 4. The molecule has 2 aromatic heterocycles. The first-order chi connectivity index (χ1) is 13.6. The molecule has 0 fully saturated rings. The lowest BCUT2D eigenvalue weighted by molar-refractivity contribution is -0.129. The van der Waals surface area contributed by atoms with Crippen molar-refractivity contribution < 1.29 is 26.4 Å². The van der Waals surface area contributed by atoms with Crippen molar-refractivity contribution in [2.45, 2.75) is 25.9 Å². The van der Waals surface area contributed by atoms with Gasteiger partial charge in [-0.15, -0.1) is 5.10 Å². The van der Waals surface area contributed by atoms with Crippen molar-refractivity contribution in [3.8, 4) is 11.3 Å². The second-order valence-electron chi connectivity index (χ2n) is 6.26. The van der Waals surface area contributed by atoms with E-state index in [1.807, 2.05) is 13.0 Å². The van der Waals surface area contributed by atoms with Gasteiger partial charge in [-0.25, -0.2) is 8.42 Å². The van der Waals surface area contributed by atoms with Gasteiger partial charge in [0, 0.05) is 42.7 Å². The van der Waals surface area contributed by atoms with Crippen LogP contribution < -0.4 is 9.74 Å². The SMILES string of the molecule is C=C(CCS(=O)(=O)CCC(F)(F)F)N(CC)c1cc(-c2cccnc2)nn1OC. The molecule has 0 aromatic carbocycles. The molecule has 0 radical (unpaired) electrons. The summed E-state index contributed by atoms with van der Waals surface area (Å²) in [6, 6.07) is 5.34. The van der Waals surface area contributed by atoms with Gasteiger partial charge in [0.25, 0.3) is 0 Å². The van der Waals surface area contributed by atoms with Crippen LogP contribution in [0.5, 0.6) is 0 Å². The zero-order chi connectivity index (χ0) is 21.7. The third-order valence-electron chi connectivity index (χ3n) is 4.16. The predicted molar refractivity (Wildman–Crippen MR) is 104 cm³/mol. The molecular weight excluding hydrogens is 409 g/mol. The first-order valence-electron chi connectivity index (χ1n) is 8.83. The first-order valence-corrected chi connectivity index (χ1v) is 10.7. The number of hydrogen-bond acceptors (Lipinski definition) is 6. The Kier molecular flexibility index (Phi) is 7.28. The topological polar surface area (TPSA) is 77.3 Å². The maximum Gasteiger partial charge on any atom is 0.390 e. The minimum Gasteiger partial charge on any atom is -0.398 e. The summed E-state index contributed by atoms with van der Waals surface area (Å²) in [5, 5.41) is 4.34. The van der Waals surface area contributed by atoms with Gasteiger partial charge in [0.2, 0.25) is 0 Å². The Hall–Kier alpha value is -2.56. The van der Waals surface area contributed by atoms with Crippen molar-refractivity contribution >= 4 is 15.7 Å². The molecule has 0 aliphatic rings. The van der Waals surface area contributed by atoms with E-state index in [1.54, 1.807) is 29.4 Å². The van der Waals surface area contributed by atoms with E-state index >= 15 is 0 Å². The van der Waals surface area contributed by atoms with Gasteiger partial charge in [0.15, 0.2) is 15.7 Å². The van der Waals surface area contributed by atoms with E-state index in [0.29, 0.717) is 23.8 Å². The van der Waals surface area contributed by atoms with Gasteiger partial charge in [0.05, 0.1) is 23.6 Å². The molecular formula is C18H23F3N4O3S. The van der Waals surface area contributed by atoms with Gasteiger partial charge in [-0.3, -0.25) is 4.98 Å². The molecule has 0 amide bonds. The maximum absolute atomic E-state index is 12.3. The summed E-state index contributed by atoms with van der Waals surface area (Å²) in [5.41, 5.74) is 1.79. The lowest BCUT2D eigenvalue weighted by atomic mass is 10.2. The fraction of sp³-hybridized carbons (Fsp3) is 0.444. The van der Waals surface area contributed by atoms with Crippen LogP contribution >= 0.6 is 0 Å². The number of rotatable bonds is 10. The Morgan fingerprint density at radius 3 is 2.62 bits per heavy atom. The molecule has 0 aliphatic carbocycles. The lowest BCUT2D eigenvalue weighted by Gasteiger charge is -2.24. The zero-order valence-electron chi connectivity index (χ0n) is 16.2. The largest absolute Gasteiger partial charge is 0.398 e. The van der Waals surface area contributed by atoms with Crippen LogP contribution in [0.4, 0.5) is 19.0 Å². The van der Waals surface area contributed by atoms with Gasteiger partial charge in [-0.2, -0.15) is 13.2 Å². The second kappa shape index (κ2) is 9.29. The van der Waals surface area contributed by atoms with Crippen LogP contribution in [0.15, 0.2) is 42.9 Å². The van der Waals surface area contributed by atoms with Gasteiger partial charge in [-0.05, 0) is 19.1 Å². The minimum atomic E-state index is -4.51. The summed E-state index contributed by atoms with van der Waals surface area (Å²) in [5.74, 6) is -0.835. The zero-order valence-corrected chi connectivity index (χ0v) is 17.0. The van der Waals surface area contributed by atoms with E-state index in [1.165, 1.54) is 12.0 Å². The van der Waals surface area contributed by atoms with Crippen molar-refractivity contribution in [1.29, 1.82) is 0 Å². The monoisotopic (exact) mass is 432 g/mol. The van der Waals surface area contributed by atoms with Crippen LogP contribution in [0.1, 0.15) is 19.8 Å². The smallest absolute Gasteiger partial charge is 0.390 e. The summed E-state index contributed by atoms with van der Waals surface area (Å²) < 4.78 is 60.8. The van der Waals surface area contributed by atoms with Gasteiger partial charge in [0.1, 0.15) is 7.11 Å². The quantitative estimate of drug-likeness (QED) is 0.574. The van der Waals surface area contributed by atoms with Crippen LogP contribution in [-0.4, -0.2) is 54.7 Å². The van der Waals surface area contributed by atoms with Crippen molar-refractivity contribution in [2.24, 2.45) is 0 Å². The Morgan fingerprint density at radius 2 is 2.07 bits per heavy atom. The molecule has 2 aromatic rings. The van der Waals surface area contributed by atoms with Crippen LogP contribution in [-0.2, 0) is 9.84 Å². The molecule has 0 atom stereocenters. The van der Waals surface area contributed by atoms with Crippen LogP contribution in [0, 0.1) is 0 Å². The summed E-state index contributed by atoms with van der Waals surface area (Å²) in [4.78, 5) is 12.3. The van der Waals surface area contributed by atoms with E-state index in [2.05, 4.69) is 16.7 Å². The Labute approximate surface area is 167 Å². The van der Waals surface area contributed by atoms with E-state index in [4.69, 9.17) is 4.84 Å². The molecule has 0 saturated heterocycles. The van der Waals surface area contributed by atoms with Crippen molar-refractivity contribution in [3.05, 3.63) is 42.9 Å². The Balaban J connectivity index is 2.14. The maximum atomic E-state index is 12.3. The standard InChI is InChI=1S/C18H23F3N4O3S/c1-4-24(14(2)7-10-29(26,27)11-8-18(19,20)21)17-12-16(23-25(17)28-3)15-6-5-9-22-13-15/h5-6,9,12-13H,2,4,7-8,10-11H2,1,3H3. The molecule has 0 N–H and O–H groups in total. The average molecular weight is 432 g/mol. The summed E-state index contributed by atoms with van der Waals surface area (Å²) in [6.07, 6.45) is -2.59. The predicted octanol–water partition coefficient (Wildman–Crippen LogP) is 3.10. The molecule has 0 saturated carbocycles. The molecule has 11 heteroatoms. The number of anilines is 1. The fourth-order valence-corrected chi connectivity index (χ4v) is 3.95. The number of pyridine rings is 1. The lowest BCUT2D eigenvalue weighted by Crippen LogP contribution is -2.27. The summed E-state index contributed by atoms with van der Waals surface area (Å²) in [7, 11) is -2.42. The molecule has 0 aliphatic heterocycles. The molecule has 0 spiro atoms. The number of sulfone groups is 1. The van der Waals surface area contributed by atoms with Crippen molar-refractivity contribution in [3.63, 3.8) is 0 Å². The number of alkyl halides is 3. The van der Waals surface area contributed by atoms with E-state index < -0.39 is 33.9 Å². The first kappa shape index (κ1) is 22.7. The highest BCUT2D eigenvalue weighted by molar-refractivity contribution is 7.91. The molecule has 2 rings (SSSR count). The molecule has 2 heterocycles. The minimum absolute atomic E-state index is 0.00878. The molecule has 160 valence electrons. The van der Waals surface area contributed by atoms with Gasteiger partial charge in [-0.1, -0.05) is 11.4 Å². The van der Waals surface area contributed by atoms with Crippen LogP contribution in [0.25, 0.3) is 11.3 Å². The van der Waals surface area contributed by atoms with E-state index in [0.717, 1.165) is 5.56 Å². The third kappa shape index (κ3) is 6.48. The number of aromatic nitrogens is 3. The number of hydrogen-bond donors (Lipinski definition) is 0. The fourth-order valence-electron chi connectivity index (χ4n) is 2.66. The number of allylic oxidation sites excluding steroid dienone is 1. The highest BCUT2D eigenvalue weighted by Gasteiger charge is 2.30. The summed E-state index contributed by atoms with van der Waals surface area (Å²) >= 11 is 0. The van der Waals surface area contributed by atoms with Crippen LogP contribution in [0.3, 0.4) is 0 Å². The second-order valence-corrected chi connectivity index (χ2v) is 8.57. The van der Waals surface area contributed by atoms with E-state index in [-0.39, 0.29) is 6.42 Å². The van der Waals surface area contributed by atoms with Crippen molar-refractivity contribution in [2.75, 3.05) is 30.1 Å². The normalized spacial score (nSPS) is 12.0. The van der Waals surface area contributed by atoms with Crippen molar-refractivity contribution in [1.82, 2.24) is 14.9 Å². The Morgan fingerprint density at radius 1 is 1.34 bits per heavy atom. The number of halogens is 3. The third-order valence-corrected chi connectivity index (χ3v) is 5.82. The van der Waals surface area contributed by atoms with Gasteiger partial charge >= 0.3 is 6.18 Å². The van der Waals surface area contributed by atoms with E-state index in [9.17, 15) is 21.6 Å². The molecule has 29 heavy (non-hydrogen) atoms. The molecule has 0 unspecified atom stereocenters. The highest BCUT2D eigenvalue weighted by Crippen LogP contribution is 2.26. The molecule has 7 nitrogen and oxygen atoms in total. The summed E-state index contributed by atoms with van der Waals surface area (Å²) in [6.45, 7) is 6.17. The Bertz CT molecular complexity index is 928. The highest BCUT2D eigenvalue weighted by atomic mass is 32.2.